The number of hydrogen-bond donors (Lipinski definition) is 1. The smallest absolute Gasteiger partial charge is 0.307 e. The number of aryl methyl sites for hydroxylation is 1. The zero-order chi connectivity index (χ0) is 13.1. The van der Waals surface area contributed by atoms with Crippen molar-refractivity contribution in [3.8, 4) is 0 Å². The monoisotopic (exact) mass is 268 g/mol. The Labute approximate surface area is 108 Å². The number of ether oxygens (including phenoxy) is 1. The van der Waals surface area contributed by atoms with Gasteiger partial charge in [-0.1, -0.05) is 0 Å². The number of benzene rings is 1. The topological polar surface area (TPSA) is 47.0 Å². The Morgan fingerprint density at radius 3 is 3.06 bits per heavy atom. The maximum absolute atomic E-state index is 13.2. The molecule has 0 atom stereocenters. The minimum absolute atomic E-state index is 0.214. The molecular weight excluding hydrogens is 255 g/mol. The van der Waals surface area contributed by atoms with Gasteiger partial charge in [-0.05, 0) is 37.3 Å². The van der Waals surface area contributed by atoms with Crippen LogP contribution in [-0.2, 0) is 16.1 Å². The van der Waals surface area contributed by atoms with Gasteiger partial charge < -0.3 is 14.3 Å². The van der Waals surface area contributed by atoms with Crippen LogP contribution in [0.5, 0.6) is 0 Å². The lowest BCUT2D eigenvalue weighted by atomic mass is 10.3. The molecule has 18 heavy (non-hydrogen) atoms. The molecule has 2 rings (SSSR count). The maximum Gasteiger partial charge on any atom is 0.307 e. The predicted molar refractivity (Wildman–Crippen MR) is 68.3 cm³/mol. The van der Waals surface area contributed by atoms with Crippen molar-refractivity contribution in [3.05, 3.63) is 28.8 Å². The number of carbonyl (C=O) groups excluding carboxylic acids is 1. The molecule has 2 aromatic rings. The highest BCUT2D eigenvalue weighted by molar-refractivity contribution is 7.71. The first-order valence-corrected chi connectivity index (χ1v) is 6.06. The Kier molecular flexibility index (Phi) is 3.76. The minimum atomic E-state index is -0.332. The van der Waals surface area contributed by atoms with Crippen LogP contribution < -0.4 is 0 Å². The number of carbonyl (C=O) groups is 1. The summed E-state index contributed by atoms with van der Waals surface area (Å²) in [6.07, 6.45) is 0.214. The van der Waals surface area contributed by atoms with Crippen LogP contribution in [0.2, 0.25) is 0 Å². The Bertz CT molecular complexity index is 633. The summed E-state index contributed by atoms with van der Waals surface area (Å²) in [5, 5.41) is 0. The summed E-state index contributed by atoms with van der Waals surface area (Å²) >= 11 is 5.15. The summed E-state index contributed by atoms with van der Waals surface area (Å²) in [6, 6.07) is 4.39. The summed E-state index contributed by atoms with van der Waals surface area (Å²) in [4.78, 5) is 14.3. The predicted octanol–water partition coefficient (Wildman–Crippen LogP) is 2.79. The van der Waals surface area contributed by atoms with Crippen molar-refractivity contribution in [2.75, 3.05) is 6.61 Å². The highest BCUT2D eigenvalue weighted by Crippen LogP contribution is 2.16. The van der Waals surface area contributed by atoms with Gasteiger partial charge in [0, 0.05) is 6.54 Å². The molecule has 0 fully saturated rings. The third-order valence-corrected chi connectivity index (χ3v) is 2.90. The van der Waals surface area contributed by atoms with Crippen molar-refractivity contribution in [1.82, 2.24) is 9.55 Å². The van der Waals surface area contributed by atoms with Gasteiger partial charge in [0.2, 0.25) is 0 Å². The van der Waals surface area contributed by atoms with Gasteiger partial charge in [-0.25, -0.2) is 4.39 Å². The van der Waals surface area contributed by atoms with Crippen LogP contribution in [0.1, 0.15) is 13.3 Å². The van der Waals surface area contributed by atoms with Crippen LogP contribution in [0.4, 0.5) is 4.39 Å². The van der Waals surface area contributed by atoms with E-state index in [1.807, 2.05) is 0 Å². The van der Waals surface area contributed by atoms with Crippen LogP contribution in [0, 0.1) is 10.6 Å². The lowest BCUT2D eigenvalue weighted by molar-refractivity contribution is -0.143. The average Bonchev–Trinajstić information content (AvgIpc) is 2.62. The van der Waals surface area contributed by atoms with E-state index in [4.69, 9.17) is 17.0 Å². The van der Waals surface area contributed by atoms with Crippen molar-refractivity contribution in [2.24, 2.45) is 0 Å². The number of imidazole rings is 1. The highest BCUT2D eigenvalue weighted by atomic mass is 32.1. The molecule has 1 aromatic heterocycles. The van der Waals surface area contributed by atoms with E-state index in [9.17, 15) is 9.18 Å². The van der Waals surface area contributed by atoms with E-state index in [0.717, 1.165) is 5.52 Å². The second-order valence-corrected chi connectivity index (χ2v) is 4.18. The normalized spacial score (nSPS) is 10.8. The molecule has 1 N–H and O–H groups in total. The quantitative estimate of drug-likeness (QED) is 0.685. The van der Waals surface area contributed by atoms with Gasteiger partial charge in [0.25, 0.3) is 0 Å². The number of aromatic amines is 1. The lowest BCUT2D eigenvalue weighted by Gasteiger charge is -2.04. The molecule has 1 heterocycles. The fraction of sp³-hybridized carbons (Fsp3) is 0.333. The first kappa shape index (κ1) is 12.8. The Morgan fingerprint density at radius 2 is 2.33 bits per heavy atom. The highest BCUT2D eigenvalue weighted by Gasteiger charge is 2.08. The molecular formula is C12H13FN2O2S. The van der Waals surface area contributed by atoms with E-state index < -0.39 is 0 Å². The van der Waals surface area contributed by atoms with Crippen molar-refractivity contribution in [3.63, 3.8) is 0 Å². The van der Waals surface area contributed by atoms with Crippen LogP contribution in [0.25, 0.3) is 11.0 Å². The number of hydrogen-bond acceptors (Lipinski definition) is 3. The van der Waals surface area contributed by atoms with Gasteiger partial charge in [0.05, 0.1) is 24.1 Å². The molecule has 0 radical (unpaired) electrons. The van der Waals surface area contributed by atoms with E-state index in [-0.39, 0.29) is 18.2 Å². The number of nitrogens with zero attached hydrogens (tertiary/aromatic N) is 1. The molecule has 0 saturated carbocycles. The Hall–Kier alpha value is -1.69. The van der Waals surface area contributed by atoms with Crippen LogP contribution in [0.15, 0.2) is 18.2 Å². The third-order valence-electron chi connectivity index (χ3n) is 2.58. The lowest BCUT2D eigenvalue weighted by Crippen LogP contribution is -2.09. The van der Waals surface area contributed by atoms with E-state index in [0.29, 0.717) is 23.4 Å². The van der Waals surface area contributed by atoms with Crippen LogP contribution >= 0.6 is 12.2 Å². The summed E-state index contributed by atoms with van der Waals surface area (Å²) < 4.78 is 20.2. The third kappa shape index (κ3) is 2.59. The van der Waals surface area contributed by atoms with Gasteiger partial charge in [0.15, 0.2) is 4.77 Å². The first-order valence-electron chi connectivity index (χ1n) is 5.65. The van der Waals surface area contributed by atoms with Crippen LogP contribution in [-0.4, -0.2) is 22.1 Å². The molecule has 0 amide bonds. The molecule has 1 aromatic carbocycles. The average molecular weight is 268 g/mol. The van der Waals surface area contributed by atoms with Gasteiger partial charge in [-0.3, -0.25) is 4.79 Å². The molecule has 96 valence electrons. The van der Waals surface area contributed by atoms with E-state index in [1.54, 1.807) is 17.6 Å². The zero-order valence-corrected chi connectivity index (χ0v) is 10.7. The molecule has 0 aliphatic rings. The van der Waals surface area contributed by atoms with E-state index in [1.165, 1.54) is 12.1 Å². The van der Waals surface area contributed by atoms with Gasteiger partial charge in [0.1, 0.15) is 5.82 Å². The Balaban J connectivity index is 2.27. The second kappa shape index (κ2) is 5.30. The number of nitrogens with one attached hydrogen (secondary N) is 1. The number of aromatic nitrogens is 2. The molecule has 0 saturated heterocycles. The first-order chi connectivity index (χ1) is 8.61. The molecule has 6 heteroatoms. The Morgan fingerprint density at radius 1 is 1.56 bits per heavy atom. The summed E-state index contributed by atoms with van der Waals surface area (Å²) in [7, 11) is 0. The van der Waals surface area contributed by atoms with E-state index >= 15 is 0 Å². The number of rotatable bonds is 4. The van der Waals surface area contributed by atoms with Gasteiger partial charge in [-0.15, -0.1) is 0 Å². The van der Waals surface area contributed by atoms with Crippen molar-refractivity contribution < 1.29 is 13.9 Å². The van der Waals surface area contributed by atoms with Crippen molar-refractivity contribution in [1.29, 1.82) is 0 Å². The molecule has 0 unspecified atom stereocenters. The number of H-pyrrole nitrogens is 1. The largest absolute Gasteiger partial charge is 0.466 e. The number of esters is 1. The second-order valence-electron chi connectivity index (χ2n) is 3.80. The standard InChI is InChI=1S/C12H13FN2O2S/c1-2-17-11(16)5-6-15-10-7-8(13)3-4-9(10)14-12(15)18/h3-4,7H,2,5-6H2,1H3,(H,14,18). The van der Waals surface area contributed by atoms with Crippen LogP contribution in [0.3, 0.4) is 0 Å². The van der Waals surface area contributed by atoms with E-state index in [2.05, 4.69) is 4.98 Å². The maximum atomic E-state index is 13.2. The van der Waals surface area contributed by atoms with Gasteiger partial charge in [-0.2, -0.15) is 0 Å². The SMILES string of the molecule is CCOC(=O)CCn1c(=S)[nH]c2ccc(F)cc21. The molecule has 0 aliphatic heterocycles. The molecule has 0 aliphatic carbocycles. The van der Waals surface area contributed by atoms with Crippen molar-refractivity contribution in [2.45, 2.75) is 19.9 Å². The molecule has 4 nitrogen and oxygen atoms in total. The number of fused-ring (bicyclic) bond motifs is 1. The van der Waals surface area contributed by atoms with Gasteiger partial charge >= 0.3 is 5.97 Å². The minimum Gasteiger partial charge on any atom is -0.466 e. The molecule has 0 bridgehead atoms. The fourth-order valence-electron chi connectivity index (χ4n) is 1.78. The summed E-state index contributed by atoms with van der Waals surface area (Å²) in [5.74, 6) is -0.619. The summed E-state index contributed by atoms with van der Waals surface area (Å²) in [5.41, 5.74) is 1.41. The molecule has 0 spiro atoms. The zero-order valence-electron chi connectivity index (χ0n) is 9.90. The summed E-state index contributed by atoms with van der Waals surface area (Å²) in [6.45, 7) is 2.48. The fourth-order valence-corrected chi connectivity index (χ4v) is 2.08. The number of halogens is 1. The van der Waals surface area contributed by atoms with Crippen molar-refractivity contribution >= 4 is 29.2 Å².